The summed E-state index contributed by atoms with van der Waals surface area (Å²) < 4.78 is 11.3. The smallest absolute Gasteiger partial charge is 0.225 e. The number of ether oxygens (including phenoxy) is 2. The maximum Gasteiger partial charge on any atom is 0.225 e. The number of rotatable bonds is 5. The van der Waals surface area contributed by atoms with Gasteiger partial charge in [0.15, 0.2) is 11.5 Å². The summed E-state index contributed by atoms with van der Waals surface area (Å²) in [7, 11) is 0. The SMILES string of the molecule is CC(=O)N[C@H](CC(=O)N1CCC[C@@H]1c1ccc2c(c1)OCCO2)c1ccccc1. The van der Waals surface area contributed by atoms with Gasteiger partial charge in [0, 0.05) is 13.5 Å². The lowest BCUT2D eigenvalue weighted by Gasteiger charge is -2.28. The van der Waals surface area contributed by atoms with Crippen molar-refractivity contribution in [2.75, 3.05) is 19.8 Å². The van der Waals surface area contributed by atoms with Crippen molar-refractivity contribution in [3.8, 4) is 11.5 Å². The van der Waals surface area contributed by atoms with E-state index in [0.29, 0.717) is 13.2 Å². The Hall–Kier alpha value is -3.02. The summed E-state index contributed by atoms with van der Waals surface area (Å²) in [5, 5.41) is 2.92. The van der Waals surface area contributed by atoms with E-state index < -0.39 is 0 Å². The van der Waals surface area contributed by atoms with E-state index in [4.69, 9.17) is 9.47 Å². The quantitative estimate of drug-likeness (QED) is 0.844. The Morgan fingerprint density at radius 1 is 1.10 bits per heavy atom. The first-order valence-electron chi connectivity index (χ1n) is 10.1. The highest BCUT2D eigenvalue weighted by Crippen LogP contribution is 2.38. The molecular formula is C23H26N2O4. The molecule has 2 aromatic rings. The van der Waals surface area contributed by atoms with Crippen LogP contribution in [0.5, 0.6) is 11.5 Å². The van der Waals surface area contributed by atoms with Crippen molar-refractivity contribution in [1.82, 2.24) is 10.2 Å². The number of nitrogens with zero attached hydrogens (tertiary/aromatic N) is 1. The van der Waals surface area contributed by atoms with Crippen molar-refractivity contribution in [2.45, 2.75) is 38.3 Å². The lowest BCUT2D eigenvalue weighted by atomic mass is 10.0. The zero-order valence-corrected chi connectivity index (χ0v) is 16.6. The Morgan fingerprint density at radius 3 is 2.62 bits per heavy atom. The van der Waals surface area contributed by atoms with Crippen LogP contribution in [-0.2, 0) is 9.59 Å². The molecule has 0 spiro atoms. The predicted octanol–water partition coefficient (Wildman–Crippen LogP) is 3.39. The van der Waals surface area contributed by atoms with Crippen molar-refractivity contribution in [3.05, 3.63) is 59.7 Å². The summed E-state index contributed by atoms with van der Waals surface area (Å²) in [6.45, 7) is 3.30. The highest BCUT2D eigenvalue weighted by atomic mass is 16.6. The second-order valence-electron chi connectivity index (χ2n) is 7.52. The molecule has 0 bridgehead atoms. The minimum Gasteiger partial charge on any atom is -0.486 e. The fourth-order valence-electron chi connectivity index (χ4n) is 4.15. The number of carbonyl (C=O) groups is 2. The average molecular weight is 394 g/mol. The van der Waals surface area contributed by atoms with Gasteiger partial charge in [-0.3, -0.25) is 9.59 Å². The van der Waals surface area contributed by atoms with Crippen molar-refractivity contribution in [1.29, 1.82) is 0 Å². The number of amides is 2. The van der Waals surface area contributed by atoms with E-state index in [1.54, 1.807) is 0 Å². The zero-order chi connectivity index (χ0) is 20.2. The molecule has 0 unspecified atom stereocenters. The number of hydrogen-bond donors (Lipinski definition) is 1. The summed E-state index contributed by atoms with van der Waals surface area (Å²) in [6.07, 6.45) is 2.12. The maximum absolute atomic E-state index is 13.2. The van der Waals surface area contributed by atoms with Crippen molar-refractivity contribution in [2.24, 2.45) is 0 Å². The van der Waals surface area contributed by atoms with E-state index in [1.807, 2.05) is 53.4 Å². The normalized spacial score (nSPS) is 18.9. The lowest BCUT2D eigenvalue weighted by molar-refractivity contribution is -0.133. The van der Waals surface area contributed by atoms with E-state index in [2.05, 4.69) is 5.32 Å². The topological polar surface area (TPSA) is 67.9 Å². The third-order valence-electron chi connectivity index (χ3n) is 5.48. The average Bonchev–Trinajstić information content (AvgIpc) is 3.23. The summed E-state index contributed by atoms with van der Waals surface area (Å²) in [6, 6.07) is 15.3. The van der Waals surface area contributed by atoms with Crippen LogP contribution in [0.15, 0.2) is 48.5 Å². The molecule has 2 aliphatic rings. The van der Waals surface area contributed by atoms with E-state index >= 15 is 0 Å². The largest absolute Gasteiger partial charge is 0.486 e. The molecular weight excluding hydrogens is 368 g/mol. The molecule has 1 N–H and O–H groups in total. The molecule has 2 atom stereocenters. The Morgan fingerprint density at radius 2 is 1.86 bits per heavy atom. The van der Waals surface area contributed by atoms with Crippen LogP contribution in [-0.4, -0.2) is 36.5 Å². The van der Waals surface area contributed by atoms with Gasteiger partial charge in [-0.25, -0.2) is 0 Å². The molecule has 1 fully saturated rings. The first kappa shape index (κ1) is 19.3. The first-order chi connectivity index (χ1) is 14.1. The third kappa shape index (κ3) is 4.36. The fraction of sp³-hybridized carbons (Fsp3) is 0.391. The molecule has 6 heteroatoms. The fourth-order valence-corrected chi connectivity index (χ4v) is 4.15. The van der Waals surface area contributed by atoms with Gasteiger partial charge in [0.05, 0.1) is 18.5 Å². The molecule has 0 aromatic heterocycles. The first-order valence-corrected chi connectivity index (χ1v) is 10.1. The lowest BCUT2D eigenvalue weighted by Crippen LogP contribution is -2.35. The Kier molecular flexibility index (Phi) is 5.69. The summed E-state index contributed by atoms with van der Waals surface area (Å²) >= 11 is 0. The molecule has 2 aromatic carbocycles. The second-order valence-corrected chi connectivity index (χ2v) is 7.52. The van der Waals surface area contributed by atoms with Crippen molar-refractivity contribution in [3.63, 3.8) is 0 Å². The molecule has 2 aliphatic heterocycles. The summed E-state index contributed by atoms with van der Waals surface area (Å²) in [4.78, 5) is 26.8. The second kappa shape index (κ2) is 8.55. The van der Waals surface area contributed by atoms with Crippen LogP contribution in [0.25, 0.3) is 0 Å². The zero-order valence-electron chi connectivity index (χ0n) is 16.6. The molecule has 1 saturated heterocycles. The van der Waals surface area contributed by atoms with Gasteiger partial charge in [-0.05, 0) is 36.1 Å². The van der Waals surface area contributed by atoms with Gasteiger partial charge in [0.25, 0.3) is 0 Å². The highest BCUT2D eigenvalue weighted by Gasteiger charge is 2.32. The van der Waals surface area contributed by atoms with Gasteiger partial charge < -0.3 is 19.7 Å². The third-order valence-corrected chi connectivity index (χ3v) is 5.48. The molecule has 152 valence electrons. The van der Waals surface area contributed by atoms with Gasteiger partial charge in [-0.2, -0.15) is 0 Å². The minimum absolute atomic E-state index is 0.0204. The Labute approximate surface area is 170 Å². The van der Waals surface area contributed by atoms with Crippen LogP contribution in [0.3, 0.4) is 0 Å². The molecule has 0 saturated carbocycles. The number of fused-ring (bicyclic) bond motifs is 1. The monoisotopic (exact) mass is 394 g/mol. The standard InChI is InChI=1S/C23H26N2O4/c1-16(26)24-19(17-6-3-2-4-7-17)15-23(27)25-11-5-8-20(25)18-9-10-21-22(14-18)29-13-12-28-21/h2-4,6-7,9-10,14,19-20H,5,8,11-13,15H2,1H3,(H,24,26)/t19-,20-/m1/s1. The Bertz CT molecular complexity index is 884. The minimum atomic E-state index is -0.331. The number of likely N-dealkylation sites (tertiary alicyclic amines) is 1. The van der Waals surface area contributed by atoms with Gasteiger partial charge >= 0.3 is 0 Å². The number of hydrogen-bond acceptors (Lipinski definition) is 4. The van der Waals surface area contributed by atoms with Crippen molar-refractivity contribution < 1.29 is 19.1 Å². The van der Waals surface area contributed by atoms with Crippen molar-refractivity contribution >= 4 is 11.8 Å². The van der Waals surface area contributed by atoms with Gasteiger partial charge in [-0.1, -0.05) is 36.4 Å². The van der Waals surface area contributed by atoms with Crippen LogP contribution in [0.1, 0.15) is 49.4 Å². The van der Waals surface area contributed by atoms with Crippen LogP contribution in [0.2, 0.25) is 0 Å². The van der Waals surface area contributed by atoms with E-state index in [0.717, 1.165) is 42.0 Å². The van der Waals surface area contributed by atoms with Crippen LogP contribution < -0.4 is 14.8 Å². The van der Waals surface area contributed by atoms with Gasteiger partial charge in [0.1, 0.15) is 13.2 Å². The number of nitrogens with one attached hydrogen (secondary N) is 1. The molecule has 0 aliphatic carbocycles. The van der Waals surface area contributed by atoms with E-state index in [9.17, 15) is 9.59 Å². The van der Waals surface area contributed by atoms with Gasteiger partial charge in [-0.15, -0.1) is 0 Å². The van der Waals surface area contributed by atoms with E-state index in [-0.39, 0.29) is 30.3 Å². The summed E-state index contributed by atoms with van der Waals surface area (Å²) in [5.41, 5.74) is 2.00. The maximum atomic E-state index is 13.2. The number of benzene rings is 2. The van der Waals surface area contributed by atoms with Crippen LogP contribution in [0.4, 0.5) is 0 Å². The van der Waals surface area contributed by atoms with E-state index in [1.165, 1.54) is 6.92 Å². The number of carbonyl (C=O) groups excluding carboxylic acids is 2. The predicted molar refractivity (Wildman–Crippen MR) is 109 cm³/mol. The molecule has 29 heavy (non-hydrogen) atoms. The molecule has 6 nitrogen and oxygen atoms in total. The van der Waals surface area contributed by atoms with Gasteiger partial charge in [0.2, 0.25) is 11.8 Å². The Balaban J connectivity index is 1.51. The molecule has 4 rings (SSSR count). The molecule has 0 radical (unpaired) electrons. The molecule has 2 amide bonds. The van der Waals surface area contributed by atoms with Crippen LogP contribution >= 0.6 is 0 Å². The molecule has 2 heterocycles. The van der Waals surface area contributed by atoms with Crippen LogP contribution in [0, 0.1) is 0 Å². The summed E-state index contributed by atoms with van der Waals surface area (Å²) in [5.74, 6) is 1.40. The highest BCUT2D eigenvalue weighted by molar-refractivity contribution is 5.80.